The first-order valence-corrected chi connectivity index (χ1v) is 8.67. The maximum absolute atomic E-state index is 14.3. The molecule has 1 atom stereocenters. The van der Waals surface area contributed by atoms with Gasteiger partial charge in [0.05, 0.1) is 6.61 Å². The summed E-state index contributed by atoms with van der Waals surface area (Å²) in [5.41, 5.74) is 1.71. The van der Waals surface area contributed by atoms with Crippen LogP contribution in [0, 0.1) is 22.1 Å². The highest BCUT2D eigenvalue weighted by molar-refractivity contribution is 14.1. The van der Waals surface area contributed by atoms with Gasteiger partial charge in [-0.15, -0.1) is 0 Å². The Balaban J connectivity index is 1.99. The van der Waals surface area contributed by atoms with Crippen molar-refractivity contribution in [2.24, 2.45) is 4.99 Å². The Bertz CT molecular complexity index is 808. The zero-order valence-electron chi connectivity index (χ0n) is 13.3. The van der Waals surface area contributed by atoms with Crippen LogP contribution in [0.25, 0.3) is 0 Å². The van der Waals surface area contributed by atoms with Gasteiger partial charge in [-0.25, -0.2) is 13.8 Å². The van der Waals surface area contributed by atoms with Gasteiger partial charge in [-0.2, -0.15) is 0 Å². The molecule has 1 aliphatic rings. The Morgan fingerprint density at radius 1 is 1.29 bits per heavy atom. The summed E-state index contributed by atoms with van der Waals surface area (Å²) in [7, 11) is 0. The normalized spacial score (nSPS) is 16.7. The van der Waals surface area contributed by atoms with Crippen molar-refractivity contribution in [3.8, 4) is 5.75 Å². The van der Waals surface area contributed by atoms with E-state index in [1.807, 2.05) is 54.6 Å². The fraction of sp³-hybridized carbons (Fsp3) is 0.278. The van der Waals surface area contributed by atoms with E-state index in [4.69, 9.17) is 9.47 Å². The number of rotatable bonds is 4. The van der Waals surface area contributed by atoms with Crippen LogP contribution < -0.4 is 4.74 Å². The molecule has 3 nitrogen and oxygen atoms in total. The predicted octanol–water partition coefficient (Wildman–Crippen LogP) is 4.79. The van der Waals surface area contributed by atoms with Gasteiger partial charge < -0.3 is 9.47 Å². The molecule has 6 heteroatoms. The van der Waals surface area contributed by atoms with Crippen molar-refractivity contribution < 1.29 is 18.3 Å². The van der Waals surface area contributed by atoms with E-state index in [1.54, 1.807) is 0 Å². The second-order valence-electron chi connectivity index (χ2n) is 5.45. The maximum atomic E-state index is 14.3. The first-order chi connectivity index (χ1) is 11.5. The molecule has 1 aliphatic heterocycles. The molecule has 1 unspecified atom stereocenters. The summed E-state index contributed by atoms with van der Waals surface area (Å²) in [6.07, 6.45) is 0. The minimum absolute atomic E-state index is 0.00320. The topological polar surface area (TPSA) is 30.8 Å². The molecule has 0 saturated carbocycles. The molecule has 0 N–H and O–H groups in total. The summed E-state index contributed by atoms with van der Waals surface area (Å²) >= 11 is 1.82. The molecule has 0 fully saturated rings. The van der Waals surface area contributed by atoms with E-state index in [1.165, 1.54) is 12.1 Å². The molecule has 126 valence electrons. The lowest BCUT2D eigenvalue weighted by molar-refractivity contribution is 0.305. The minimum atomic E-state index is -0.679. The van der Waals surface area contributed by atoms with Crippen molar-refractivity contribution in [3.63, 3.8) is 0 Å². The molecule has 1 heterocycles. The molecule has 0 radical (unpaired) electrons. The Morgan fingerprint density at radius 2 is 2.08 bits per heavy atom. The summed E-state index contributed by atoms with van der Waals surface area (Å²) in [5, 5.41) is 0. The van der Waals surface area contributed by atoms with Gasteiger partial charge >= 0.3 is 0 Å². The lowest BCUT2D eigenvalue weighted by Crippen LogP contribution is -2.08. The lowest BCUT2D eigenvalue weighted by Gasteiger charge is -2.13. The van der Waals surface area contributed by atoms with E-state index in [0.29, 0.717) is 10.2 Å². The van der Waals surface area contributed by atoms with Crippen LogP contribution in [-0.2, 0) is 4.74 Å². The molecule has 2 aromatic carbocycles. The highest BCUT2D eigenvalue weighted by Crippen LogP contribution is 2.34. The van der Waals surface area contributed by atoms with Gasteiger partial charge in [-0.05, 0) is 60.2 Å². The molecule has 0 amide bonds. The highest BCUT2D eigenvalue weighted by atomic mass is 127. The monoisotopic (exact) mass is 443 g/mol. The van der Waals surface area contributed by atoms with E-state index in [2.05, 4.69) is 4.99 Å². The number of benzene rings is 2. The third-order valence-electron chi connectivity index (χ3n) is 3.74. The molecule has 0 saturated heterocycles. The molecule has 3 rings (SSSR count). The molecule has 24 heavy (non-hydrogen) atoms. The van der Waals surface area contributed by atoms with Gasteiger partial charge in [0.25, 0.3) is 0 Å². The number of aliphatic imine (C=N–C) groups is 1. The van der Waals surface area contributed by atoms with Crippen molar-refractivity contribution in [2.75, 3.05) is 13.2 Å². The zero-order chi connectivity index (χ0) is 17.3. The predicted molar refractivity (Wildman–Crippen MR) is 96.7 cm³/mol. The fourth-order valence-electron chi connectivity index (χ4n) is 2.59. The first-order valence-electron chi connectivity index (χ1n) is 7.59. The number of hydrogen-bond acceptors (Lipinski definition) is 3. The van der Waals surface area contributed by atoms with Crippen molar-refractivity contribution >= 4 is 28.5 Å². The molecule has 2 aromatic rings. The molecule has 0 aliphatic carbocycles. The van der Waals surface area contributed by atoms with Gasteiger partial charge in [0.2, 0.25) is 5.90 Å². The van der Waals surface area contributed by atoms with Gasteiger partial charge in [0, 0.05) is 9.13 Å². The number of hydrogen-bond donors (Lipinski definition) is 0. The van der Waals surface area contributed by atoms with Crippen LogP contribution in [0.2, 0.25) is 0 Å². The van der Waals surface area contributed by atoms with Crippen molar-refractivity contribution in [1.29, 1.82) is 0 Å². The van der Waals surface area contributed by atoms with Crippen molar-refractivity contribution in [3.05, 3.63) is 62.2 Å². The molecular formula is C18H16F2INO2. The Labute approximate surface area is 152 Å². The van der Waals surface area contributed by atoms with Crippen LogP contribution in [0.1, 0.15) is 29.7 Å². The second-order valence-corrected chi connectivity index (χ2v) is 6.62. The van der Waals surface area contributed by atoms with Crippen LogP contribution in [0.15, 0.2) is 35.3 Å². The second kappa shape index (κ2) is 7.04. The summed E-state index contributed by atoms with van der Waals surface area (Å²) in [4.78, 5) is 4.39. The maximum Gasteiger partial charge on any atom is 0.222 e. The smallest absolute Gasteiger partial charge is 0.222 e. The van der Waals surface area contributed by atoms with Crippen molar-refractivity contribution in [1.82, 2.24) is 0 Å². The van der Waals surface area contributed by atoms with Gasteiger partial charge in [0.15, 0.2) is 5.82 Å². The zero-order valence-corrected chi connectivity index (χ0v) is 15.4. The van der Waals surface area contributed by atoms with Crippen LogP contribution in [0.5, 0.6) is 5.75 Å². The van der Waals surface area contributed by atoms with E-state index >= 15 is 0 Å². The standard InChI is InChI=1S/C18H16F2INO2/c1-3-23-15-8-10(2)4-5-11(15)14-9-24-18(22-14)16-12(19)6-7-13(21)17(16)20/h4-8,14H,3,9H2,1-2H3. The number of nitrogens with zero attached hydrogens (tertiary/aromatic N) is 1. The average molecular weight is 443 g/mol. The van der Waals surface area contributed by atoms with E-state index in [-0.39, 0.29) is 24.1 Å². The van der Waals surface area contributed by atoms with Crippen LogP contribution in [-0.4, -0.2) is 19.1 Å². The molecular weight excluding hydrogens is 427 g/mol. The third-order valence-corrected chi connectivity index (χ3v) is 4.57. The SMILES string of the molecule is CCOc1cc(C)ccc1C1COC(c2c(F)ccc(I)c2F)=N1. The number of aryl methyl sites for hydroxylation is 1. The summed E-state index contributed by atoms with van der Waals surface area (Å²) < 4.78 is 39.8. The van der Waals surface area contributed by atoms with E-state index in [0.717, 1.165) is 16.9 Å². The van der Waals surface area contributed by atoms with Crippen molar-refractivity contribution in [2.45, 2.75) is 19.9 Å². The average Bonchev–Trinajstić information content (AvgIpc) is 3.01. The van der Waals surface area contributed by atoms with E-state index in [9.17, 15) is 8.78 Å². The van der Waals surface area contributed by atoms with Crippen LogP contribution in [0.4, 0.5) is 8.78 Å². The lowest BCUT2D eigenvalue weighted by atomic mass is 10.0. The quantitative estimate of drug-likeness (QED) is 0.503. The van der Waals surface area contributed by atoms with Crippen LogP contribution >= 0.6 is 22.6 Å². The Morgan fingerprint density at radius 3 is 2.83 bits per heavy atom. The molecule has 0 spiro atoms. The van der Waals surface area contributed by atoms with Gasteiger partial charge in [0.1, 0.15) is 29.8 Å². The minimum Gasteiger partial charge on any atom is -0.494 e. The van der Waals surface area contributed by atoms with Gasteiger partial charge in [-0.3, -0.25) is 0 Å². The summed E-state index contributed by atoms with van der Waals surface area (Å²) in [5.74, 6) is -0.610. The largest absolute Gasteiger partial charge is 0.494 e. The first kappa shape index (κ1) is 17.1. The highest BCUT2D eigenvalue weighted by Gasteiger charge is 2.28. The fourth-order valence-corrected chi connectivity index (χ4v) is 3.04. The van der Waals surface area contributed by atoms with Crippen LogP contribution in [0.3, 0.4) is 0 Å². The third kappa shape index (κ3) is 3.24. The Hall–Kier alpha value is -1.70. The van der Waals surface area contributed by atoms with E-state index < -0.39 is 11.6 Å². The molecule has 0 aromatic heterocycles. The number of ether oxygens (including phenoxy) is 2. The summed E-state index contributed by atoms with van der Waals surface area (Å²) in [6, 6.07) is 8.06. The molecule has 0 bridgehead atoms. The Kier molecular flexibility index (Phi) is 5.03. The summed E-state index contributed by atoms with van der Waals surface area (Å²) in [6.45, 7) is 4.63. The number of halogens is 3. The van der Waals surface area contributed by atoms with Gasteiger partial charge in [-0.1, -0.05) is 12.1 Å².